The normalized spacial score (nSPS) is 11.8. The molecule has 0 atom stereocenters. The second-order valence-electron chi connectivity index (χ2n) is 3.88. The molecular weight excluding hydrogens is 247 g/mol. The Bertz CT molecular complexity index is 659. The van der Waals surface area contributed by atoms with Crippen LogP contribution in [-0.4, -0.2) is 12.1 Å². The fourth-order valence-electron chi connectivity index (χ4n) is 1.83. The zero-order chi connectivity index (χ0) is 13.5. The lowest BCUT2D eigenvalue weighted by Gasteiger charge is -2.11. The van der Waals surface area contributed by atoms with Crippen molar-refractivity contribution in [1.82, 2.24) is 4.98 Å². The molecule has 2 rings (SSSR count). The van der Waals surface area contributed by atoms with Crippen LogP contribution in [-0.2, 0) is 6.18 Å². The van der Waals surface area contributed by atoms with E-state index in [1.54, 1.807) is 13.0 Å². The summed E-state index contributed by atoms with van der Waals surface area (Å²) in [5.41, 5.74) is -1.09. The van der Waals surface area contributed by atoms with Gasteiger partial charge in [0.2, 0.25) is 0 Å². The van der Waals surface area contributed by atoms with Crippen LogP contribution in [0.1, 0.15) is 11.3 Å². The molecular formula is C12H10F3NO2. The van der Waals surface area contributed by atoms with Gasteiger partial charge in [-0.1, -0.05) is 6.07 Å². The summed E-state index contributed by atoms with van der Waals surface area (Å²) in [7, 11) is 1.34. The number of pyridine rings is 1. The monoisotopic (exact) mass is 257 g/mol. The third-order valence-corrected chi connectivity index (χ3v) is 2.68. The second-order valence-corrected chi connectivity index (χ2v) is 3.88. The Morgan fingerprint density at radius 1 is 1.28 bits per heavy atom. The topological polar surface area (TPSA) is 42.1 Å². The van der Waals surface area contributed by atoms with E-state index in [4.69, 9.17) is 4.74 Å². The van der Waals surface area contributed by atoms with Gasteiger partial charge in [0.05, 0.1) is 18.0 Å². The summed E-state index contributed by atoms with van der Waals surface area (Å²) in [4.78, 5) is 14.0. The minimum Gasteiger partial charge on any atom is -0.495 e. The number of hydrogen-bond donors (Lipinski definition) is 1. The molecule has 1 aromatic heterocycles. The Morgan fingerprint density at radius 2 is 1.94 bits per heavy atom. The van der Waals surface area contributed by atoms with Crippen LogP contribution in [0.2, 0.25) is 0 Å². The Kier molecular flexibility index (Phi) is 2.80. The molecule has 0 radical (unpaired) electrons. The average Bonchev–Trinajstić information content (AvgIpc) is 2.27. The zero-order valence-electron chi connectivity index (χ0n) is 9.68. The molecule has 3 nitrogen and oxygen atoms in total. The Morgan fingerprint density at radius 3 is 2.50 bits per heavy atom. The highest BCUT2D eigenvalue weighted by Gasteiger charge is 2.32. The van der Waals surface area contributed by atoms with Crippen LogP contribution < -0.4 is 10.2 Å². The van der Waals surface area contributed by atoms with Gasteiger partial charge < -0.3 is 9.72 Å². The number of aryl methyl sites for hydroxylation is 1. The first kappa shape index (κ1) is 12.5. The standard InChI is InChI=1S/C12H10F3NO2/c1-6-3-4-8(18-2)11-10(6)7(17)5-9(16-11)12(13,14)15/h3-5H,1-2H3,(H,16,17). The van der Waals surface area contributed by atoms with Gasteiger partial charge in [-0.2, -0.15) is 13.2 Å². The number of aromatic nitrogens is 1. The molecule has 0 unspecified atom stereocenters. The summed E-state index contributed by atoms with van der Waals surface area (Å²) in [6.45, 7) is 1.66. The molecule has 0 amide bonds. The van der Waals surface area contributed by atoms with Gasteiger partial charge in [-0.25, -0.2) is 0 Å². The quantitative estimate of drug-likeness (QED) is 0.853. The molecule has 0 bridgehead atoms. The Hall–Kier alpha value is -1.98. The van der Waals surface area contributed by atoms with Gasteiger partial charge in [0.25, 0.3) is 0 Å². The fourth-order valence-corrected chi connectivity index (χ4v) is 1.83. The number of H-pyrrole nitrogens is 1. The summed E-state index contributed by atoms with van der Waals surface area (Å²) in [6.07, 6.45) is -4.60. The number of alkyl halides is 3. The van der Waals surface area contributed by atoms with Gasteiger partial charge in [0.1, 0.15) is 11.4 Å². The van der Waals surface area contributed by atoms with Gasteiger partial charge in [0.15, 0.2) is 5.43 Å². The first-order chi connectivity index (χ1) is 8.34. The molecule has 18 heavy (non-hydrogen) atoms. The predicted molar refractivity (Wildman–Crippen MR) is 60.9 cm³/mol. The summed E-state index contributed by atoms with van der Waals surface area (Å²) in [5.74, 6) is 0.207. The van der Waals surface area contributed by atoms with Crippen molar-refractivity contribution >= 4 is 10.9 Å². The molecule has 0 spiro atoms. The van der Waals surface area contributed by atoms with E-state index < -0.39 is 17.3 Å². The smallest absolute Gasteiger partial charge is 0.431 e. The average molecular weight is 257 g/mol. The van der Waals surface area contributed by atoms with Gasteiger partial charge in [-0.05, 0) is 18.6 Å². The van der Waals surface area contributed by atoms with E-state index in [0.29, 0.717) is 11.6 Å². The first-order valence-corrected chi connectivity index (χ1v) is 5.12. The second kappa shape index (κ2) is 4.04. The first-order valence-electron chi connectivity index (χ1n) is 5.12. The lowest BCUT2D eigenvalue weighted by Crippen LogP contribution is -2.14. The molecule has 0 aliphatic heterocycles. The van der Waals surface area contributed by atoms with Gasteiger partial charge in [-0.15, -0.1) is 0 Å². The van der Waals surface area contributed by atoms with Crippen LogP contribution in [0.3, 0.4) is 0 Å². The van der Waals surface area contributed by atoms with Gasteiger partial charge in [0, 0.05) is 6.07 Å². The van der Waals surface area contributed by atoms with Crippen molar-refractivity contribution in [2.45, 2.75) is 13.1 Å². The summed E-state index contributed by atoms with van der Waals surface area (Å²) >= 11 is 0. The van der Waals surface area contributed by atoms with E-state index in [1.807, 2.05) is 0 Å². The molecule has 2 aromatic rings. The molecule has 0 saturated carbocycles. The van der Waals surface area contributed by atoms with E-state index in [1.165, 1.54) is 13.2 Å². The van der Waals surface area contributed by atoms with Crippen molar-refractivity contribution in [3.8, 4) is 5.75 Å². The van der Waals surface area contributed by atoms with E-state index in [9.17, 15) is 18.0 Å². The summed E-state index contributed by atoms with van der Waals surface area (Å²) in [5, 5.41) is 0.211. The summed E-state index contributed by atoms with van der Waals surface area (Å²) < 4.78 is 42.8. The van der Waals surface area contributed by atoms with Crippen LogP contribution >= 0.6 is 0 Å². The number of aromatic amines is 1. The van der Waals surface area contributed by atoms with Gasteiger partial charge >= 0.3 is 6.18 Å². The number of halogens is 3. The van der Waals surface area contributed by atoms with E-state index in [2.05, 4.69) is 4.98 Å². The van der Waals surface area contributed by atoms with Crippen molar-refractivity contribution in [1.29, 1.82) is 0 Å². The third-order valence-electron chi connectivity index (χ3n) is 2.68. The number of hydrogen-bond acceptors (Lipinski definition) is 2. The zero-order valence-corrected chi connectivity index (χ0v) is 9.68. The van der Waals surface area contributed by atoms with Crippen molar-refractivity contribution in [2.24, 2.45) is 0 Å². The molecule has 6 heteroatoms. The molecule has 1 N–H and O–H groups in total. The highest BCUT2D eigenvalue weighted by molar-refractivity contribution is 5.87. The lowest BCUT2D eigenvalue weighted by molar-refractivity contribution is -0.141. The molecule has 1 aromatic carbocycles. The van der Waals surface area contributed by atoms with Crippen LogP contribution in [0.5, 0.6) is 5.75 Å². The number of ether oxygens (including phenoxy) is 1. The number of rotatable bonds is 1. The van der Waals surface area contributed by atoms with E-state index >= 15 is 0 Å². The van der Waals surface area contributed by atoms with Crippen LogP contribution in [0.4, 0.5) is 13.2 Å². The van der Waals surface area contributed by atoms with Gasteiger partial charge in [-0.3, -0.25) is 4.79 Å². The predicted octanol–water partition coefficient (Wildman–Crippen LogP) is 2.86. The minimum atomic E-state index is -4.60. The Labute approximate surface area is 100 Å². The van der Waals surface area contributed by atoms with Crippen molar-refractivity contribution < 1.29 is 17.9 Å². The number of nitrogens with one attached hydrogen (secondary N) is 1. The highest BCUT2D eigenvalue weighted by atomic mass is 19.4. The van der Waals surface area contributed by atoms with Crippen molar-refractivity contribution in [3.05, 3.63) is 39.7 Å². The number of fused-ring (bicyclic) bond motifs is 1. The summed E-state index contributed by atoms with van der Waals surface area (Å²) in [6, 6.07) is 3.71. The Balaban J connectivity index is 2.91. The van der Waals surface area contributed by atoms with Crippen LogP contribution in [0.15, 0.2) is 23.0 Å². The van der Waals surface area contributed by atoms with Crippen LogP contribution in [0, 0.1) is 6.92 Å². The maximum absolute atomic E-state index is 12.6. The largest absolute Gasteiger partial charge is 0.495 e. The SMILES string of the molecule is COc1ccc(C)c2c(=O)cc(C(F)(F)F)[nH]c12. The van der Waals surface area contributed by atoms with E-state index in [0.717, 1.165) is 0 Å². The maximum Gasteiger partial charge on any atom is 0.431 e. The third kappa shape index (κ3) is 1.94. The van der Waals surface area contributed by atoms with E-state index in [-0.39, 0.29) is 16.7 Å². The maximum atomic E-state index is 12.6. The fraction of sp³-hybridized carbons (Fsp3) is 0.250. The van der Waals surface area contributed by atoms with Crippen LogP contribution in [0.25, 0.3) is 10.9 Å². The molecule has 1 heterocycles. The van der Waals surface area contributed by atoms with Crippen molar-refractivity contribution in [2.75, 3.05) is 7.11 Å². The number of benzene rings is 1. The minimum absolute atomic E-state index is 0.0670. The highest BCUT2D eigenvalue weighted by Crippen LogP contribution is 2.30. The van der Waals surface area contributed by atoms with Crippen molar-refractivity contribution in [3.63, 3.8) is 0 Å². The molecule has 0 fully saturated rings. The molecule has 0 saturated heterocycles. The lowest BCUT2D eigenvalue weighted by atomic mass is 10.1. The molecule has 0 aliphatic rings. The molecule has 0 aliphatic carbocycles. The molecule has 96 valence electrons. The number of methoxy groups -OCH3 is 1.